The third kappa shape index (κ3) is 2.60. The summed E-state index contributed by atoms with van der Waals surface area (Å²) >= 11 is 0. The Bertz CT molecular complexity index is 639. The highest BCUT2D eigenvalue weighted by molar-refractivity contribution is 6.06. The molecule has 3 fully saturated rings. The lowest BCUT2D eigenvalue weighted by atomic mass is 9.85. The highest BCUT2D eigenvalue weighted by Gasteiger charge is 2.55. The number of nitrogens with zero attached hydrogens (tertiary/aromatic N) is 4. The van der Waals surface area contributed by atoms with Crippen LogP contribution in [0.25, 0.3) is 0 Å². The van der Waals surface area contributed by atoms with Gasteiger partial charge in [-0.3, -0.25) is 19.3 Å². The molecule has 8 heteroatoms. The van der Waals surface area contributed by atoms with Crippen LogP contribution in [0.4, 0.5) is 4.79 Å². The lowest BCUT2D eigenvalue weighted by Crippen LogP contribution is -2.56. The molecule has 0 N–H and O–H groups in total. The number of amides is 5. The second-order valence-corrected chi connectivity index (χ2v) is 7.05. The Morgan fingerprint density at radius 3 is 2.40 bits per heavy atom. The number of piperidine rings is 1. The van der Waals surface area contributed by atoms with Gasteiger partial charge in [0.1, 0.15) is 5.54 Å². The van der Waals surface area contributed by atoms with Gasteiger partial charge >= 0.3 is 6.03 Å². The first kappa shape index (κ1) is 17.4. The van der Waals surface area contributed by atoms with E-state index >= 15 is 0 Å². The second-order valence-electron chi connectivity index (χ2n) is 7.05. The molecular weight excluding hydrogens is 324 g/mol. The molecule has 0 aromatic carbocycles. The third-order valence-corrected chi connectivity index (χ3v) is 5.73. The Labute approximate surface area is 147 Å². The van der Waals surface area contributed by atoms with Crippen LogP contribution in [0.3, 0.4) is 0 Å². The van der Waals surface area contributed by atoms with E-state index in [9.17, 15) is 19.2 Å². The number of likely N-dealkylation sites (tertiary alicyclic amines) is 2. The normalized spacial score (nSPS) is 26.2. The molecule has 0 aliphatic carbocycles. The average Bonchev–Trinajstić information content (AvgIpc) is 3.05. The summed E-state index contributed by atoms with van der Waals surface area (Å²) in [5.74, 6) is -0.588. The number of rotatable bonds is 3. The van der Waals surface area contributed by atoms with Crippen molar-refractivity contribution in [2.75, 3.05) is 40.3 Å². The molecule has 1 spiro atoms. The maximum Gasteiger partial charge on any atom is 0.327 e. The molecule has 25 heavy (non-hydrogen) atoms. The van der Waals surface area contributed by atoms with Crippen molar-refractivity contribution in [2.24, 2.45) is 5.92 Å². The van der Waals surface area contributed by atoms with E-state index < -0.39 is 5.54 Å². The monoisotopic (exact) mass is 348 g/mol. The zero-order chi connectivity index (χ0) is 18.4. The van der Waals surface area contributed by atoms with E-state index in [2.05, 4.69) is 6.58 Å². The Morgan fingerprint density at radius 1 is 1.24 bits per heavy atom. The molecule has 3 heterocycles. The van der Waals surface area contributed by atoms with Crippen LogP contribution in [0, 0.1) is 5.92 Å². The fraction of sp³-hybridized carbons (Fsp3) is 0.647. The predicted molar refractivity (Wildman–Crippen MR) is 89.4 cm³/mol. The number of imide groups is 1. The van der Waals surface area contributed by atoms with Crippen molar-refractivity contribution < 1.29 is 19.2 Å². The standard InChI is InChI=1S/C17H24N4O4/c1-4-7-21-11-12(10-13(21)22)14(23)20-8-5-17(6-9-20)15(24)18(2)16(25)19(17)3/h4,12H,1,5-11H2,2-3H3. The van der Waals surface area contributed by atoms with Crippen LogP contribution >= 0.6 is 0 Å². The molecule has 3 saturated heterocycles. The van der Waals surface area contributed by atoms with E-state index in [0.29, 0.717) is 39.0 Å². The van der Waals surface area contributed by atoms with Crippen molar-refractivity contribution in [1.82, 2.24) is 19.6 Å². The van der Waals surface area contributed by atoms with Gasteiger partial charge in [0.15, 0.2) is 0 Å². The summed E-state index contributed by atoms with van der Waals surface area (Å²) in [5.41, 5.74) is -0.830. The Balaban J connectivity index is 1.64. The van der Waals surface area contributed by atoms with Crippen LogP contribution in [-0.4, -0.2) is 89.2 Å². The zero-order valence-electron chi connectivity index (χ0n) is 14.7. The van der Waals surface area contributed by atoms with E-state index in [1.807, 2.05) is 0 Å². The Kier molecular flexibility index (Phi) is 4.30. The van der Waals surface area contributed by atoms with E-state index in [1.54, 1.807) is 22.9 Å². The number of likely N-dealkylation sites (N-methyl/N-ethyl adjacent to an activating group) is 2. The van der Waals surface area contributed by atoms with Gasteiger partial charge in [-0.2, -0.15) is 0 Å². The molecule has 8 nitrogen and oxygen atoms in total. The van der Waals surface area contributed by atoms with Crippen molar-refractivity contribution in [3.63, 3.8) is 0 Å². The van der Waals surface area contributed by atoms with Gasteiger partial charge in [0.25, 0.3) is 5.91 Å². The molecule has 0 aromatic rings. The minimum absolute atomic E-state index is 0.0235. The van der Waals surface area contributed by atoms with Crippen LogP contribution in [0.15, 0.2) is 12.7 Å². The first-order valence-corrected chi connectivity index (χ1v) is 8.55. The Morgan fingerprint density at radius 2 is 1.88 bits per heavy atom. The van der Waals surface area contributed by atoms with E-state index in [0.717, 1.165) is 4.90 Å². The molecule has 1 unspecified atom stereocenters. The first-order valence-electron chi connectivity index (χ1n) is 8.55. The summed E-state index contributed by atoms with van der Waals surface area (Å²) in [6.07, 6.45) is 2.75. The highest BCUT2D eigenvalue weighted by Crippen LogP contribution is 2.36. The van der Waals surface area contributed by atoms with Crippen molar-refractivity contribution >= 4 is 23.8 Å². The van der Waals surface area contributed by atoms with Gasteiger partial charge < -0.3 is 14.7 Å². The molecule has 5 amide bonds. The summed E-state index contributed by atoms with van der Waals surface area (Å²) in [4.78, 5) is 55.2. The molecule has 136 valence electrons. The second kappa shape index (κ2) is 6.16. The molecular formula is C17H24N4O4. The summed E-state index contributed by atoms with van der Waals surface area (Å²) < 4.78 is 0. The largest absolute Gasteiger partial charge is 0.342 e. The summed E-state index contributed by atoms with van der Waals surface area (Å²) in [7, 11) is 3.13. The average molecular weight is 348 g/mol. The number of hydrogen-bond donors (Lipinski definition) is 0. The lowest BCUT2D eigenvalue weighted by molar-refractivity contribution is -0.142. The number of carbonyl (C=O) groups is 4. The van der Waals surface area contributed by atoms with E-state index in [-0.39, 0.29) is 36.1 Å². The predicted octanol–water partition coefficient (Wildman–Crippen LogP) is -0.0941. The van der Waals surface area contributed by atoms with Crippen molar-refractivity contribution in [2.45, 2.75) is 24.8 Å². The van der Waals surface area contributed by atoms with Crippen LogP contribution in [0.5, 0.6) is 0 Å². The minimum Gasteiger partial charge on any atom is -0.342 e. The van der Waals surface area contributed by atoms with Gasteiger partial charge in [-0.1, -0.05) is 6.08 Å². The van der Waals surface area contributed by atoms with Gasteiger partial charge in [0.05, 0.1) is 5.92 Å². The quantitative estimate of drug-likeness (QED) is 0.527. The molecule has 1 atom stereocenters. The third-order valence-electron chi connectivity index (χ3n) is 5.73. The maximum absolute atomic E-state index is 12.7. The lowest BCUT2D eigenvalue weighted by Gasteiger charge is -2.41. The summed E-state index contributed by atoms with van der Waals surface area (Å²) in [5, 5.41) is 0. The topological polar surface area (TPSA) is 81.2 Å². The number of urea groups is 1. The van der Waals surface area contributed by atoms with E-state index in [1.165, 1.54) is 11.9 Å². The molecule has 0 radical (unpaired) electrons. The van der Waals surface area contributed by atoms with Gasteiger partial charge in [0.2, 0.25) is 11.8 Å². The van der Waals surface area contributed by atoms with Crippen LogP contribution in [0.2, 0.25) is 0 Å². The molecule has 0 aromatic heterocycles. The fourth-order valence-corrected chi connectivity index (χ4v) is 4.12. The van der Waals surface area contributed by atoms with Gasteiger partial charge in [0, 0.05) is 46.7 Å². The summed E-state index contributed by atoms with van der Waals surface area (Å²) in [6, 6.07) is -0.300. The zero-order valence-corrected chi connectivity index (χ0v) is 14.7. The van der Waals surface area contributed by atoms with Crippen molar-refractivity contribution in [3.05, 3.63) is 12.7 Å². The molecule has 3 rings (SSSR count). The van der Waals surface area contributed by atoms with Crippen LogP contribution < -0.4 is 0 Å². The number of carbonyl (C=O) groups excluding carboxylic acids is 4. The van der Waals surface area contributed by atoms with Crippen LogP contribution in [0.1, 0.15) is 19.3 Å². The van der Waals surface area contributed by atoms with Crippen LogP contribution in [-0.2, 0) is 14.4 Å². The fourth-order valence-electron chi connectivity index (χ4n) is 4.12. The van der Waals surface area contributed by atoms with Crippen molar-refractivity contribution in [3.8, 4) is 0 Å². The number of hydrogen-bond acceptors (Lipinski definition) is 4. The molecule has 3 aliphatic heterocycles. The SMILES string of the molecule is C=CCN1CC(C(=O)N2CCC3(CC2)C(=O)N(C)C(=O)N3C)CC1=O. The van der Waals surface area contributed by atoms with Crippen molar-refractivity contribution in [1.29, 1.82) is 0 Å². The first-order chi connectivity index (χ1) is 11.8. The van der Waals surface area contributed by atoms with Gasteiger partial charge in [-0.25, -0.2) is 4.79 Å². The summed E-state index contributed by atoms with van der Waals surface area (Å²) in [6.45, 7) is 5.35. The Hall–Kier alpha value is -2.38. The maximum atomic E-state index is 12.7. The van der Waals surface area contributed by atoms with E-state index in [4.69, 9.17) is 0 Å². The van der Waals surface area contributed by atoms with Gasteiger partial charge in [-0.15, -0.1) is 6.58 Å². The van der Waals surface area contributed by atoms with Gasteiger partial charge in [-0.05, 0) is 12.8 Å². The minimum atomic E-state index is -0.830. The highest BCUT2D eigenvalue weighted by atomic mass is 16.2. The smallest absolute Gasteiger partial charge is 0.327 e. The molecule has 3 aliphatic rings. The molecule has 0 saturated carbocycles. The molecule has 0 bridgehead atoms.